The summed E-state index contributed by atoms with van der Waals surface area (Å²) in [7, 11) is -3.83. The molecule has 1 atom stereocenters. The number of carbonyl (C=O) groups excluding carboxylic acids is 2. The van der Waals surface area contributed by atoms with Crippen molar-refractivity contribution < 1.29 is 22.7 Å². The highest BCUT2D eigenvalue weighted by molar-refractivity contribution is 7.89. The maximum absolute atomic E-state index is 13.0. The van der Waals surface area contributed by atoms with Crippen molar-refractivity contribution >= 4 is 21.8 Å². The molecule has 1 saturated heterocycles. The molecular formula is C23H28N2O5S. The molecule has 1 unspecified atom stereocenters. The predicted octanol–water partition coefficient (Wildman–Crippen LogP) is 3.26. The second kappa shape index (κ2) is 9.62. The van der Waals surface area contributed by atoms with Crippen molar-refractivity contribution in [2.45, 2.75) is 50.6 Å². The lowest BCUT2D eigenvalue weighted by Gasteiger charge is -2.32. The lowest BCUT2D eigenvalue weighted by Crippen LogP contribution is -2.48. The van der Waals surface area contributed by atoms with E-state index in [4.69, 9.17) is 4.74 Å². The zero-order valence-corrected chi connectivity index (χ0v) is 18.7. The van der Waals surface area contributed by atoms with E-state index in [-0.39, 0.29) is 17.2 Å². The maximum atomic E-state index is 13.0. The first-order valence-corrected chi connectivity index (χ1v) is 11.8. The van der Waals surface area contributed by atoms with Crippen LogP contribution in [0.2, 0.25) is 0 Å². The highest BCUT2D eigenvalue weighted by atomic mass is 32.2. The number of aryl methyl sites for hydroxylation is 1. The number of sulfonamides is 1. The van der Waals surface area contributed by atoms with E-state index >= 15 is 0 Å². The van der Waals surface area contributed by atoms with Gasteiger partial charge >= 0.3 is 5.97 Å². The molecule has 1 aromatic carbocycles. The monoisotopic (exact) mass is 444 g/mol. The highest BCUT2D eigenvalue weighted by Gasteiger charge is 2.38. The van der Waals surface area contributed by atoms with Gasteiger partial charge in [-0.05, 0) is 51.3 Å². The van der Waals surface area contributed by atoms with Gasteiger partial charge in [0.25, 0.3) is 0 Å². The lowest BCUT2D eigenvalue weighted by molar-refractivity contribution is -0.148. The summed E-state index contributed by atoms with van der Waals surface area (Å²) in [6.07, 6.45) is 3.51. The number of esters is 1. The highest BCUT2D eigenvalue weighted by Crippen LogP contribution is 2.26. The topological polar surface area (TPSA) is 85.7 Å². The Kier molecular flexibility index (Phi) is 7.12. The minimum absolute atomic E-state index is 0.139. The van der Waals surface area contributed by atoms with Gasteiger partial charge < -0.3 is 9.30 Å². The normalized spacial score (nSPS) is 17.3. The zero-order chi connectivity index (χ0) is 22.6. The van der Waals surface area contributed by atoms with Gasteiger partial charge in [0.1, 0.15) is 6.04 Å². The van der Waals surface area contributed by atoms with Crippen LogP contribution in [0.5, 0.6) is 0 Å². The Hall–Kier alpha value is -2.71. The number of carbonyl (C=O) groups is 2. The average molecular weight is 445 g/mol. The summed E-state index contributed by atoms with van der Waals surface area (Å²) in [4.78, 5) is 25.6. The van der Waals surface area contributed by atoms with Crippen LogP contribution in [0.15, 0.2) is 53.9 Å². The summed E-state index contributed by atoms with van der Waals surface area (Å²) in [5.41, 5.74) is 2.19. The number of aromatic nitrogens is 1. The molecule has 0 saturated carbocycles. The third kappa shape index (κ3) is 4.80. The lowest BCUT2D eigenvalue weighted by atomic mass is 10.1. The van der Waals surface area contributed by atoms with Gasteiger partial charge in [0, 0.05) is 30.0 Å². The van der Waals surface area contributed by atoms with Crippen LogP contribution in [0, 0.1) is 13.8 Å². The first-order valence-electron chi connectivity index (χ1n) is 10.3. The predicted molar refractivity (Wildman–Crippen MR) is 117 cm³/mol. The van der Waals surface area contributed by atoms with Crippen LogP contribution < -0.4 is 0 Å². The molecule has 0 N–H and O–H groups in total. The van der Waals surface area contributed by atoms with Crippen molar-refractivity contribution in [3.8, 4) is 0 Å². The fraction of sp³-hybridized carbons (Fsp3) is 0.391. The van der Waals surface area contributed by atoms with Crippen LogP contribution >= 0.6 is 0 Å². The molecule has 3 rings (SSSR count). The first-order chi connectivity index (χ1) is 14.8. The van der Waals surface area contributed by atoms with Crippen LogP contribution in [0.4, 0.5) is 0 Å². The molecule has 7 nitrogen and oxygen atoms in total. The number of nitrogens with zero attached hydrogens (tertiary/aromatic N) is 2. The van der Waals surface area contributed by atoms with E-state index in [2.05, 4.69) is 6.58 Å². The van der Waals surface area contributed by atoms with Crippen LogP contribution in [-0.4, -0.2) is 48.2 Å². The van der Waals surface area contributed by atoms with Crippen LogP contribution in [0.3, 0.4) is 0 Å². The number of benzene rings is 1. The third-order valence-corrected chi connectivity index (χ3v) is 7.53. The summed E-state index contributed by atoms with van der Waals surface area (Å²) < 4.78 is 34.6. The minimum atomic E-state index is -3.83. The molecule has 0 bridgehead atoms. The Morgan fingerprint density at radius 1 is 1.19 bits per heavy atom. The fourth-order valence-corrected chi connectivity index (χ4v) is 5.63. The first kappa shape index (κ1) is 23.0. The van der Waals surface area contributed by atoms with E-state index in [1.165, 1.54) is 16.4 Å². The minimum Gasteiger partial charge on any atom is -0.456 e. The molecule has 31 heavy (non-hydrogen) atoms. The summed E-state index contributed by atoms with van der Waals surface area (Å²) in [5.74, 6) is -1.00. The van der Waals surface area contributed by atoms with Crippen molar-refractivity contribution in [3.05, 3.63) is 66.0 Å². The Balaban J connectivity index is 1.72. The van der Waals surface area contributed by atoms with E-state index < -0.39 is 28.6 Å². The molecule has 2 heterocycles. The number of ketones is 1. The molecule has 0 spiro atoms. The molecule has 0 aliphatic carbocycles. The van der Waals surface area contributed by atoms with Gasteiger partial charge in [0.15, 0.2) is 6.61 Å². The summed E-state index contributed by atoms with van der Waals surface area (Å²) in [6.45, 7) is 7.86. The van der Waals surface area contributed by atoms with Gasteiger partial charge in [-0.3, -0.25) is 9.59 Å². The van der Waals surface area contributed by atoms with Crippen LogP contribution in [-0.2, 0) is 26.1 Å². The third-order valence-electron chi connectivity index (χ3n) is 5.61. The van der Waals surface area contributed by atoms with Crippen molar-refractivity contribution in [1.82, 2.24) is 8.87 Å². The molecule has 1 aliphatic heterocycles. The molecule has 166 valence electrons. The van der Waals surface area contributed by atoms with Crippen molar-refractivity contribution in [3.63, 3.8) is 0 Å². The van der Waals surface area contributed by atoms with Crippen molar-refractivity contribution in [2.75, 3.05) is 13.2 Å². The largest absolute Gasteiger partial charge is 0.456 e. The summed E-state index contributed by atoms with van der Waals surface area (Å²) in [5, 5.41) is 0. The Morgan fingerprint density at radius 3 is 2.58 bits per heavy atom. The summed E-state index contributed by atoms with van der Waals surface area (Å²) >= 11 is 0. The summed E-state index contributed by atoms with van der Waals surface area (Å²) in [6, 6.07) is 8.88. The number of Topliss-reactive ketones (excluding diaryl/α,β-unsaturated/α-hetero) is 1. The van der Waals surface area contributed by atoms with E-state index in [1.54, 1.807) is 30.3 Å². The van der Waals surface area contributed by atoms with E-state index in [9.17, 15) is 18.0 Å². The Labute approximate surface area is 183 Å². The number of hydrogen-bond acceptors (Lipinski definition) is 5. The zero-order valence-electron chi connectivity index (χ0n) is 17.9. The number of hydrogen-bond donors (Lipinski definition) is 0. The molecule has 2 aromatic rings. The van der Waals surface area contributed by atoms with Crippen LogP contribution in [0.1, 0.15) is 41.0 Å². The number of allylic oxidation sites excluding steroid dienone is 1. The molecule has 1 aliphatic rings. The SMILES string of the molecule is C=CCn1c(C)cc(C(=O)COC(=O)C2CCCCN2S(=O)(=O)c2ccccc2)c1C. The fourth-order valence-electron chi connectivity index (χ4n) is 3.96. The Morgan fingerprint density at radius 2 is 1.90 bits per heavy atom. The maximum Gasteiger partial charge on any atom is 0.324 e. The van der Waals surface area contributed by atoms with E-state index in [0.29, 0.717) is 24.9 Å². The van der Waals surface area contributed by atoms with E-state index in [0.717, 1.165) is 17.8 Å². The van der Waals surface area contributed by atoms with Crippen molar-refractivity contribution in [2.24, 2.45) is 0 Å². The number of piperidine rings is 1. The van der Waals surface area contributed by atoms with Gasteiger partial charge in [-0.15, -0.1) is 6.58 Å². The van der Waals surface area contributed by atoms with E-state index in [1.807, 2.05) is 18.4 Å². The van der Waals surface area contributed by atoms with Gasteiger partial charge in [-0.2, -0.15) is 4.31 Å². The second-order valence-electron chi connectivity index (χ2n) is 7.66. The molecule has 0 radical (unpaired) electrons. The van der Waals surface area contributed by atoms with Crippen molar-refractivity contribution in [1.29, 1.82) is 0 Å². The molecule has 8 heteroatoms. The second-order valence-corrected chi connectivity index (χ2v) is 9.55. The van der Waals surface area contributed by atoms with Gasteiger partial charge in [-0.25, -0.2) is 8.42 Å². The Bertz CT molecular complexity index is 1070. The molecule has 0 amide bonds. The molecular weight excluding hydrogens is 416 g/mol. The van der Waals surface area contributed by atoms with Gasteiger partial charge in [0.2, 0.25) is 15.8 Å². The number of rotatable bonds is 8. The standard InChI is InChI=1S/C23H28N2O5S/c1-4-13-24-17(2)15-20(18(24)3)22(26)16-30-23(27)21-12-8-9-14-25(21)31(28,29)19-10-6-5-7-11-19/h4-7,10-11,15,21H,1,8-9,12-14,16H2,2-3H3. The quantitative estimate of drug-likeness (QED) is 0.354. The number of ether oxygens (including phenoxy) is 1. The van der Waals surface area contributed by atoms with Gasteiger partial charge in [-0.1, -0.05) is 24.3 Å². The molecule has 1 fully saturated rings. The average Bonchev–Trinajstić information content (AvgIpc) is 3.06. The van der Waals surface area contributed by atoms with Crippen LogP contribution in [0.25, 0.3) is 0 Å². The van der Waals surface area contributed by atoms with Gasteiger partial charge in [0.05, 0.1) is 4.90 Å². The smallest absolute Gasteiger partial charge is 0.324 e. The molecule has 1 aromatic heterocycles.